The molecule has 0 amide bonds. The zero-order chi connectivity index (χ0) is 22.5. The van der Waals surface area contributed by atoms with Crippen molar-refractivity contribution in [3.63, 3.8) is 0 Å². The second kappa shape index (κ2) is 9.47. The number of hydrogen-bond donors (Lipinski definition) is 2. The topological polar surface area (TPSA) is 109 Å². The molecular formula is C24H25N9. The molecule has 2 aromatic carbocycles. The van der Waals surface area contributed by atoms with Crippen LogP contribution in [0, 0.1) is 0 Å². The number of anilines is 5. The van der Waals surface area contributed by atoms with Gasteiger partial charge in [-0.3, -0.25) is 0 Å². The van der Waals surface area contributed by atoms with Crippen molar-refractivity contribution in [2.75, 3.05) is 47.0 Å². The Balaban J connectivity index is 1.19. The lowest BCUT2D eigenvalue weighted by molar-refractivity contribution is 0.626. The molecule has 0 spiro atoms. The summed E-state index contributed by atoms with van der Waals surface area (Å²) in [6.07, 6.45) is 6.20. The van der Waals surface area contributed by atoms with Crippen LogP contribution in [0.4, 0.5) is 29.2 Å². The first-order valence-electron chi connectivity index (χ1n) is 10.9. The number of piperazine rings is 1. The number of aromatic nitrogens is 5. The second-order valence-electron chi connectivity index (χ2n) is 7.89. The van der Waals surface area contributed by atoms with Crippen molar-refractivity contribution in [1.82, 2.24) is 24.9 Å². The smallest absolute Gasteiger partial charge is 0.231 e. The van der Waals surface area contributed by atoms with E-state index in [0.29, 0.717) is 17.6 Å². The van der Waals surface area contributed by atoms with Crippen molar-refractivity contribution in [3.8, 4) is 0 Å². The molecule has 3 N–H and O–H groups in total. The van der Waals surface area contributed by atoms with E-state index in [4.69, 9.17) is 5.73 Å². The molecule has 3 heterocycles. The van der Waals surface area contributed by atoms with Crippen LogP contribution in [-0.2, 0) is 6.42 Å². The molecular weight excluding hydrogens is 414 g/mol. The Kier molecular flexibility index (Phi) is 5.92. The maximum absolute atomic E-state index is 5.85. The lowest BCUT2D eigenvalue weighted by Gasteiger charge is -2.34. The number of rotatable bonds is 6. The zero-order valence-corrected chi connectivity index (χ0v) is 18.2. The molecule has 33 heavy (non-hydrogen) atoms. The van der Waals surface area contributed by atoms with E-state index in [1.807, 2.05) is 54.9 Å². The molecule has 2 aromatic heterocycles. The van der Waals surface area contributed by atoms with Gasteiger partial charge in [0.1, 0.15) is 6.33 Å². The quantitative estimate of drug-likeness (QED) is 0.438. The SMILES string of the molecule is Nc1cccc(Nc2ncnc(N3CCN(c4ncc(Cc5ccccc5)cn4)CC3)n2)c1. The summed E-state index contributed by atoms with van der Waals surface area (Å²) in [5.74, 6) is 1.90. The van der Waals surface area contributed by atoms with E-state index < -0.39 is 0 Å². The fourth-order valence-electron chi connectivity index (χ4n) is 3.79. The summed E-state index contributed by atoms with van der Waals surface area (Å²) in [7, 11) is 0. The van der Waals surface area contributed by atoms with Gasteiger partial charge in [0, 0.05) is 56.4 Å². The van der Waals surface area contributed by atoms with Crippen LogP contribution in [0.2, 0.25) is 0 Å². The third-order valence-corrected chi connectivity index (χ3v) is 5.49. The Hall–Kier alpha value is -4.27. The van der Waals surface area contributed by atoms with Crippen LogP contribution in [0.3, 0.4) is 0 Å². The van der Waals surface area contributed by atoms with Gasteiger partial charge in [-0.15, -0.1) is 0 Å². The Morgan fingerprint density at radius 3 is 2.21 bits per heavy atom. The Morgan fingerprint density at radius 1 is 0.758 bits per heavy atom. The van der Waals surface area contributed by atoms with E-state index in [-0.39, 0.29) is 0 Å². The molecule has 0 radical (unpaired) electrons. The summed E-state index contributed by atoms with van der Waals surface area (Å²) in [6.45, 7) is 3.14. The predicted molar refractivity (Wildman–Crippen MR) is 130 cm³/mol. The fourth-order valence-corrected chi connectivity index (χ4v) is 3.79. The highest BCUT2D eigenvalue weighted by Gasteiger charge is 2.21. The van der Waals surface area contributed by atoms with Gasteiger partial charge in [-0.1, -0.05) is 36.4 Å². The standard InChI is InChI=1S/C24H25N9/c25-20-7-4-8-21(14-20)30-22-28-17-29-24(31-22)33-11-9-32(10-12-33)23-26-15-19(16-27-23)13-18-5-2-1-3-6-18/h1-8,14-17H,9-13,25H2,(H,28,29,30,31). The predicted octanol–water partition coefficient (Wildman–Crippen LogP) is 2.90. The first-order valence-corrected chi connectivity index (χ1v) is 10.9. The number of nitrogens with zero attached hydrogens (tertiary/aromatic N) is 7. The molecule has 0 saturated carbocycles. The second-order valence-corrected chi connectivity index (χ2v) is 7.89. The van der Waals surface area contributed by atoms with Crippen molar-refractivity contribution in [2.24, 2.45) is 0 Å². The van der Waals surface area contributed by atoms with Crippen molar-refractivity contribution >= 4 is 29.2 Å². The molecule has 1 saturated heterocycles. The van der Waals surface area contributed by atoms with E-state index in [1.165, 1.54) is 11.9 Å². The molecule has 4 aromatic rings. The summed E-state index contributed by atoms with van der Waals surface area (Å²) in [4.78, 5) is 26.7. The number of benzene rings is 2. The minimum absolute atomic E-state index is 0.491. The zero-order valence-electron chi connectivity index (χ0n) is 18.2. The average Bonchev–Trinajstić information content (AvgIpc) is 2.86. The van der Waals surface area contributed by atoms with Crippen LogP contribution in [0.1, 0.15) is 11.1 Å². The molecule has 1 aliphatic heterocycles. The Morgan fingerprint density at radius 2 is 1.48 bits per heavy atom. The molecule has 9 nitrogen and oxygen atoms in total. The molecule has 1 aliphatic rings. The molecule has 5 rings (SSSR count). The molecule has 0 bridgehead atoms. The summed E-state index contributed by atoms with van der Waals surface area (Å²) >= 11 is 0. The van der Waals surface area contributed by atoms with E-state index in [1.54, 1.807) is 0 Å². The van der Waals surface area contributed by atoms with Crippen LogP contribution in [-0.4, -0.2) is 51.1 Å². The minimum atomic E-state index is 0.491. The monoisotopic (exact) mass is 439 g/mol. The average molecular weight is 440 g/mol. The van der Waals surface area contributed by atoms with Crippen LogP contribution >= 0.6 is 0 Å². The van der Waals surface area contributed by atoms with Gasteiger partial charge in [-0.25, -0.2) is 19.9 Å². The van der Waals surface area contributed by atoms with E-state index in [0.717, 1.165) is 49.8 Å². The summed E-state index contributed by atoms with van der Waals surface area (Å²) in [5.41, 5.74) is 9.73. The maximum atomic E-state index is 5.85. The summed E-state index contributed by atoms with van der Waals surface area (Å²) < 4.78 is 0. The van der Waals surface area contributed by atoms with Crippen molar-refractivity contribution in [3.05, 3.63) is 84.4 Å². The third-order valence-electron chi connectivity index (χ3n) is 5.49. The Labute approximate surface area is 192 Å². The molecule has 9 heteroatoms. The van der Waals surface area contributed by atoms with Crippen LogP contribution < -0.4 is 20.9 Å². The number of nitrogens with one attached hydrogen (secondary N) is 1. The largest absolute Gasteiger partial charge is 0.399 e. The van der Waals surface area contributed by atoms with Gasteiger partial charge in [-0.2, -0.15) is 4.98 Å². The van der Waals surface area contributed by atoms with E-state index >= 15 is 0 Å². The number of nitrogen functional groups attached to an aromatic ring is 1. The summed E-state index contributed by atoms with van der Waals surface area (Å²) in [6, 6.07) is 17.8. The van der Waals surface area contributed by atoms with E-state index in [2.05, 4.69) is 52.2 Å². The van der Waals surface area contributed by atoms with Gasteiger partial charge >= 0.3 is 0 Å². The highest BCUT2D eigenvalue weighted by atomic mass is 15.4. The van der Waals surface area contributed by atoms with Gasteiger partial charge in [0.25, 0.3) is 0 Å². The first kappa shape index (κ1) is 20.6. The van der Waals surface area contributed by atoms with Gasteiger partial charge in [-0.05, 0) is 29.3 Å². The minimum Gasteiger partial charge on any atom is -0.399 e. The molecule has 1 fully saturated rings. The fraction of sp³-hybridized carbons (Fsp3) is 0.208. The van der Waals surface area contributed by atoms with Gasteiger partial charge in [0.15, 0.2) is 0 Å². The molecule has 166 valence electrons. The third kappa shape index (κ3) is 5.15. The van der Waals surface area contributed by atoms with Gasteiger partial charge in [0.05, 0.1) is 0 Å². The van der Waals surface area contributed by atoms with Crippen LogP contribution in [0.25, 0.3) is 0 Å². The van der Waals surface area contributed by atoms with Gasteiger partial charge in [0.2, 0.25) is 17.8 Å². The van der Waals surface area contributed by atoms with Crippen molar-refractivity contribution < 1.29 is 0 Å². The van der Waals surface area contributed by atoms with Gasteiger partial charge < -0.3 is 20.9 Å². The highest BCUT2D eigenvalue weighted by Crippen LogP contribution is 2.19. The number of hydrogen-bond acceptors (Lipinski definition) is 9. The van der Waals surface area contributed by atoms with Crippen LogP contribution in [0.5, 0.6) is 0 Å². The normalized spacial score (nSPS) is 13.7. The Bertz CT molecular complexity index is 1190. The maximum Gasteiger partial charge on any atom is 0.231 e. The van der Waals surface area contributed by atoms with Crippen molar-refractivity contribution in [2.45, 2.75) is 6.42 Å². The van der Waals surface area contributed by atoms with E-state index in [9.17, 15) is 0 Å². The molecule has 0 aliphatic carbocycles. The molecule has 0 unspecified atom stereocenters. The lowest BCUT2D eigenvalue weighted by Crippen LogP contribution is -2.47. The number of nitrogens with two attached hydrogens (primary N) is 1. The molecule has 0 atom stereocenters. The lowest BCUT2D eigenvalue weighted by atomic mass is 10.1. The summed E-state index contributed by atoms with van der Waals surface area (Å²) in [5, 5.41) is 3.18. The highest BCUT2D eigenvalue weighted by molar-refractivity contribution is 5.59. The van der Waals surface area contributed by atoms with Crippen LogP contribution in [0.15, 0.2) is 73.3 Å². The first-order chi connectivity index (χ1) is 16.2. The van der Waals surface area contributed by atoms with Crippen molar-refractivity contribution in [1.29, 1.82) is 0 Å².